The van der Waals surface area contributed by atoms with Crippen LogP contribution in [0.4, 0.5) is 24.5 Å². The van der Waals surface area contributed by atoms with Gasteiger partial charge in [0.1, 0.15) is 0 Å². The van der Waals surface area contributed by atoms with Crippen LogP contribution in [-0.4, -0.2) is 42.4 Å². The van der Waals surface area contributed by atoms with Crippen molar-refractivity contribution in [3.63, 3.8) is 0 Å². The van der Waals surface area contributed by atoms with Crippen LogP contribution in [0.3, 0.4) is 0 Å². The molecular weight excluding hydrogens is 427 g/mol. The van der Waals surface area contributed by atoms with Crippen LogP contribution in [0.2, 0.25) is 0 Å². The van der Waals surface area contributed by atoms with Gasteiger partial charge in [-0.3, -0.25) is 19.3 Å². The third-order valence-corrected chi connectivity index (χ3v) is 4.20. The molecular formula is C22H24F3N3O4. The molecule has 0 aromatic heterocycles. The van der Waals surface area contributed by atoms with Crippen molar-refractivity contribution in [2.75, 3.05) is 30.3 Å². The molecule has 32 heavy (non-hydrogen) atoms. The van der Waals surface area contributed by atoms with Crippen LogP contribution in [-0.2, 0) is 31.8 Å². The summed E-state index contributed by atoms with van der Waals surface area (Å²) in [6.45, 7) is 2.88. The highest BCUT2D eigenvalue weighted by Crippen LogP contribution is 2.29. The SMILES string of the molecule is CCOC(=O)CN(CC(=O)Nc1ccc(NC(C)=O)cc1)Cc1ccc(C(F)(F)F)cc1. The number of esters is 1. The fraction of sp³-hybridized carbons (Fsp3) is 0.318. The summed E-state index contributed by atoms with van der Waals surface area (Å²) in [5, 5.41) is 5.29. The predicted molar refractivity (Wildman–Crippen MR) is 113 cm³/mol. The summed E-state index contributed by atoms with van der Waals surface area (Å²) in [6, 6.07) is 11.0. The van der Waals surface area contributed by atoms with E-state index in [1.165, 1.54) is 24.0 Å². The number of alkyl halides is 3. The first-order valence-corrected chi connectivity index (χ1v) is 9.78. The van der Waals surface area contributed by atoms with Crippen molar-refractivity contribution in [3.8, 4) is 0 Å². The summed E-state index contributed by atoms with van der Waals surface area (Å²) >= 11 is 0. The van der Waals surface area contributed by atoms with E-state index >= 15 is 0 Å². The molecule has 0 aliphatic rings. The Morgan fingerprint density at radius 2 is 1.47 bits per heavy atom. The molecule has 0 aliphatic heterocycles. The lowest BCUT2D eigenvalue weighted by Crippen LogP contribution is -2.37. The lowest BCUT2D eigenvalue weighted by atomic mass is 10.1. The Kier molecular flexibility index (Phi) is 8.77. The molecule has 172 valence electrons. The van der Waals surface area contributed by atoms with Gasteiger partial charge in [-0.25, -0.2) is 0 Å². The molecule has 0 spiro atoms. The van der Waals surface area contributed by atoms with E-state index in [4.69, 9.17) is 4.74 Å². The maximum atomic E-state index is 12.8. The van der Waals surface area contributed by atoms with E-state index in [2.05, 4.69) is 10.6 Å². The maximum Gasteiger partial charge on any atom is 0.416 e. The molecule has 0 saturated heterocycles. The Morgan fingerprint density at radius 3 is 1.97 bits per heavy atom. The summed E-state index contributed by atoms with van der Waals surface area (Å²) in [7, 11) is 0. The lowest BCUT2D eigenvalue weighted by molar-refractivity contribution is -0.144. The summed E-state index contributed by atoms with van der Waals surface area (Å²) < 4.78 is 43.2. The second-order valence-corrected chi connectivity index (χ2v) is 6.95. The standard InChI is InChI=1S/C22H24F3N3O4/c1-3-32-21(31)14-28(12-16-4-6-17(7-5-16)22(23,24)25)13-20(30)27-19-10-8-18(9-11-19)26-15(2)29/h4-11H,3,12-14H2,1-2H3,(H,26,29)(H,27,30). The minimum atomic E-state index is -4.45. The van der Waals surface area contributed by atoms with E-state index in [0.717, 1.165) is 12.1 Å². The number of nitrogens with zero attached hydrogens (tertiary/aromatic N) is 1. The van der Waals surface area contributed by atoms with Crippen molar-refractivity contribution < 1.29 is 32.3 Å². The molecule has 0 fully saturated rings. The molecule has 10 heteroatoms. The molecule has 7 nitrogen and oxygen atoms in total. The van der Waals surface area contributed by atoms with Crippen molar-refractivity contribution >= 4 is 29.2 Å². The Morgan fingerprint density at radius 1 is 0.906 bits per heavy atom. The first-order valence-electron chi connectivity index (χ1n) is 9.78. The molecule has 0 aliphatic carbocycles. The van der Waals surface area contributed by atoms with E-state index < -0.39 is 23.6 Å². The van der Waals surface area contributed by atoms with Gasteiger partial charge in [0.2, 0.25) is 11.8 Å². The first kappa shape index (κ1) is 24.9. The monoisotopic (exact) mass is 451 g/mol. The highest BCUT2D eigenvalue weighted by molar-refractivity contribution is 5.93. The molecule has 2 aromatic rings. The van der Waals surface area contributed by atoms with Crippen molar-refractivity contribution in [3.05, 3.63) is 59.7 Å². The van der Waals surface area contributed by atoms with Gasteiger partial charge in [0, 0.05) is 24.8 Å². The van der Waals surface area contributed by atoms with E-state index in [0.29, 0.717) is 16.9 Å². The number of halogens is 3. The molecule has 2 amide bonds. The van der Waals surface area contributed by atoms with Crippen molar-refractivity contribution in [2.24, 2.45) is 0 Å². The van der Waals surface area contributed by atoms with Gasteiger partial charge in [-0.2, -0.15) is 13.2 Å². The molecule has 2 aromatic carbocycles. The minimum absolute atomic E-state index is 0.0752. The zero-order valence-corrected chi connectivity index (χ0v) is 17.7. The van der Waals surface area contributed by atoms with Crippen LogP contribution >= 0.6 is 0 Å². The lowest BCUT2D eigenvalue weighted by Gasteiger charge is -2.21. The van der Waals surface area contributed by atoms with Crippen LogP contribution in [0.5, 0.6) is 0 Å². The third-order valence-electron chi connectivity index (χ3n) is 4.20. The average Bonchev–Trinajstić information content (AvgIpc) is 2.69. The summed E-state index contributed by atoms with van der Waals surface area (Å²) in [4.78, 5) is 36.9. The zero-order chi connectivity index (χ0) is 23.7. The number of benzene rings is 2. The Bertz CT molecular complexity index is 929. The fourth-order valence-electron chi connectivity index (χ4n) is 2.86. The highest BCUT2D eigenvalue weighted by atomic mass is 19.4. The van der Waals surface area contributed by atoms with Crippen molar-refractivity contribution in [1.82, 2.24) is 4.90 Å². The van der Waals surface area contributed by atoms with E-state index in [-0.39, 0.29) is 32.1 Å². The van der Waals surface area contributed by atoms with E-state index in [1.54, 1.807) is 31.2 Å². The van der Waals surface area contributed by atoms with Gasteiger partial charge < -0.3 is 15.4 Å². The summed E-state index contributed by atoms with van der Waals surface area (Å²) in [5.74, 6) is -1.19. The minimum Gasteiger partial charge on any atom is -0.465 e. The molecule has 0 unspecified atom stereocenters. The van der Waals surface area contributed by atoms with Crippen LogP contribution in [0.15, 0.2) is 48.5 Å². The topological polar surface area (TPSA) is 87.7 Å². The average molecular weight is 451 g/mol. The van der Waals surface area contributed by atoms with Crippen LogP contribution < -0.4 is 10.6 Å². The van der Waals surface area contributed by atoms with Crippen molar-refractivity contribution in [1.29, 1.82) is 0 Å². The second kappa shape index (κ2) is 11.3. The zero-order valence-electron chi connectivity index (χ0n) is 17.7. The third kappa shape index (κ3) is 8.38. The molecule has 0 saturated carbocycles. The number of amides is 2. The van der Waals surface area contributed by atoms with E-state index in [9.17, 15) is 27.6 Å². The fourth-order valence-corrected chi connectivity index (χ4v) is 2.86. The van der Waals surface area contributed by atoms with Gasteiger partial charge in [0.15, 0.2) is 0 Å². The van der Waals surface area contributed by atoms with Crippen LogP contribution in [0, 0.1) is 0 Å². The van der Waals surface area contributed by atoms with Gasteiger partial charge in [-0.1, -0.05) is 12.1 Å². The molecule has 0 radical (unpaired) electrons. The molecule has 0 heterocycles. The highest BCUT2D eigenvalue weighted by Gasteiger charge is 2.30. The van der Waals surface area contributed by atoms with Crippen LogP contribution in [0.25, 0.3) is 0 Å². The molecule has 0 atom stereocenters. The Labute approximate surface area is 183 Å². The van der Waals surface area contributed by atoms with Crippen LogP contribution in [0.1, 0.15) is 25.0 Å². The number of carbonyl (C=O) groups excluding carboxylic acids is 3. The smallest absolute Gasteiger partial charge is 0.416 e. The maximum absolute atomic E-state index is 12.8. The number of carbonyl (C=O) groups is 3. The largest absolute Gasteiger partial charge is 0.465 e. The number of rotatable bonds is 9. The molecule has 2 N–H and O–H groups in total. The summed E-state index contributed by atoms with van der Waals surface area (Å²) in [6.07, 6.45) is -4.45. The Balaban J connectivity index is 2.04. The Hall–Kier alpha value is -3.40. The van der Waals surface area contributed by atoms with Gasteiger partial charge in [0.25, 0.3) is 0 Å². The number of hydrogen-bond donors (Lipinski definition) is 2. The second-order valence-electron chi connectivity index (χ2n) is 6.95. The number of hydrogen-bond acceptors (Lipinski definition) is 5. The first-order chi connectivity index (χ1) is 15.1. The number of nitrogens with one attached hydrogen (secondary N) is 2. The van der Waals surface area contributed by atoms with E-state index in [1.807, 2.05) is 0 Å². The number of anilines is 2. The molecule has 0 bridgehead atoms. The van der Waals surface area contributed by atoms with Crippen molar-refractivity contribution in [2.45, 2.75) is 26.6 Å². The van der Waals surface area contributed by atoms with Gasteiger partial charge in [0.05, 0.1) is 25.3 Å². The van der Waals surface area contributed by atoms with Gasteiger partial charge >= 0.3 is 12.1 Å². The number of ether oxygens (including phenoxy) is 1. The normalized spacial score (nSPS) is 11.2. The quantitative estimate of drug-likeness (QED) is 0.568. The van der Waals surface area contributed by atoms with Gasteiger partial charge in [-0.05, 0) is 48.9 Å². The predicted octanol–water partition coefficient (Wildman–Crippen LogP) is 3.67. The molecule has 2 rings (SSSR count). The van der Waals surface area contributed by atoms with Gasteiger partial charge in [-0.15, -0.1) is 0 Å². The summed E-state index contributed by atoms with van der Waals surface area (Å²) in [5.41, 5.74) is 0.782.